The summed E-state index contributed by atoms with van der Waals surface area (Å²) in [7, 11) is 0. The maximum atomic E-state index is 4.47. The minimum atomic E-state index is 0.854. The van der Waals surface area contributed by atoms with Crippen molar-refractivity contribution in [2.24, 2.45) is 0 Å². The van der Waals surface area contributed by atoms with Gasteiger partial charge in [-0.05, 0) is 84.4 Å². The Hall–Kier alpha value is -3.55. The van der Waals surface area contributed by atoms with Gasteiger partial charge in [0.15, 0.2) is 0 Å². The van der Waals surface area contributed by atoms with Crippen LogP contribution in [0.3, 0.4) is 0 Å². The van der Waals surface area contributed by atoms with Gasteiger partial charge in [-0.2, -0.15) is 12.6 Å². The first-order chi connectivity index (χ1) is 16.3. The Morgan fingerprint density at radius 3 is 2.09 bits per heavy atom. The van der Waals surface area contributed by atoms with Gasteiger partial charge in [-0.1, -0.05) is 103 Å². The third kappa shape index (κ3) is 3.50. The highest BCUT2D eigenvalue weighted by atomic mass is 32.1. The van der Waals surface area contributed by atoms with Gasteiger partial charge in [0.2, 0.25) is 0 Å². The van der Waals surface area contributed by atoms with Crippen LogP contribution in [0.15, 0.2) is 115 Å². The van der Waals surface area contributed by atoms with Gasteiger partial charge in [0.05, 0.1) is 0 Å². The topological polar surface area (TPSA) is 0 Å². The van der Waals surface area contributed by atoms with Crippen LogP contribution in [0.5, 0.6) is 0 Å². The molecular formula is C32H24S. The Labute approximate surface area is 199 Å². The van der Waals surface area contributed by atoms with E-state index in [4.69, 9.17) is 0 Å². The first kappa shape index (κ1) is 20.1. The van der Waals surface area contributed by atoms with Gasteiger partial charge >= 0.3 is 0 Å². The lowest BCUT2D eigenvalue weighted by Gasteiger charge is -2.15. The molecule has 0 atom stereocenters. The summed E-state index contributed by atoms with van der Waals surface area (Å²) in [5.41, 5.74) is 6.46. The molecule has 0 amide bonds. The maximum Gasteiger partial charge on any atom is -0.00266 e. The summed E-state index contributed by atoms with van der Waals surface area (Å²) in [4.78, 5) is 0. The van der Waals surface area contributed by atoms with E-state index in [0.717, 1.165) is 12.2 Å². The van der Waals surface area contributed by atoms with Crippen molar-refractivity contribution in [3.8, 4) is 22.3 Å². The Balaban J connectivity index is 1.66. The average molecular weight is 441 g/mol. The molecule has 0 bridgehead atoms. The Morgan fingerprint density at radius 1 is 0.485 bits per heavy atom. The van der Waals surface area contributed by atoms with E-state index in [1.807, 2.05) is 0 Å². The third-order valence-electron chi connectivity index (χ3n) is 6.63. The Kier molecular flexibility index (Phi) is 5.13. The normalized spacial score (nSPS) is 11.4. The molecule has 0 aliphatic heterocycles. The molecule has 0 unspecified atom stereocenters. The van der Waals surface area contributed by atoms with Crippen LogP contribution >= 0.6 is 12.6 Å². The lowest BCUT2D eigenvalue weighted by Crippen LogP contribution is -1.90. The highest BCUT2D eigenvalue weighted by molar-refractivity contribution is 7.80. The molecule has 0 radical (unpaired) electrons. The van der Waals surface area contributed by atoms with Crippen molar-refractivity contribution in [2.45, 2.75) is 6.42 Å². The second-order valence-electron chi connectivity index (χ2n) is 8.57. The summed E-state index contributed by atoms with van der Waals surface area (Å²) < 4.78 is 0. The van der Waals surface area contributed by atoms with Gasteiger partial charge in [-0.3, -0.25) is 0 Å². The number of benzene rings is 6. The zero-order chi connectivity index (χ0) is 22.2. The average Bonchev–Trinajstić information content (AvgIpc) is 2.87. The summed E-state index contributed by atoms with van der Waals surface area (Å²) in [5, 5.41) is 7.76. The predicted octanol–water partition coefficient (Wildman–Crippen LogP) is 8.95. The van der Waals surface area contributed by atoms with Crippen LogP contribution in [0.1, 0.15) is 5.56 Å². The molecule has 0 saturated heterocycles. The van der Waals surface area contributed by atoms with Crippen LogP contribution in [0.2, 0.25) is 0 Å². The monoisotopic (exact) mass is 440 g/mol. The van der Waals surface area contributed by atoms with E-state index in [-0.39, 0.29) is 0 Å². The molecule has 0 aliphatic rings. The minimum Gasteiger partial charge on any atom is -0.179 e. The van der Waals surface area contributed by atoms with E-state index in [9.17, 15) is 0 Å². The van der Waals surface area contributed by atoms with Gasteiger partial charge in [0, 0.05) is 0 Å². The minimum absolute atomic E-state index is 0.854. The second kappa shape index (κ2) is 8.42. The lowest BCUT2D eigenvalue weighted by molar-refractivity contribution is 1.18. The molecule has 33 heavy (non-hydrogen) atoms. The van der Waals surface area contributed by atoms with Crippen molar-refractivity contribution in [3.63, 3.8) is 0 Å². The highest BCUT2D eigenvalue weighted by Gasteiger charge is 2.12. The largest absolute Gasteiger partial charge is 0.179 e. The number of aryl methyl sites for hydroxylation is 1. The fourth-order valence-electron chi connectivity index (χ4n) is 5.11. The smallest absolute Gasteiger partial charge is 0.00266 e. The summed E-state index contributed by atoms with van der Waals surface area (Å²) >= 11 is 4.47. The van der Waals surface area contributed by atoms with Gasteiger partial charge in [0.1, 0.15) is 0 Å². The van der Waals surface area contributed by atoms with E-state index in [2.05, 4.69) is 128 Å². The van der Waals surface area contributed by atoms with Crippen molar-refractivity contribution in [1.82, 2.24) is 0 Å². The zero-order valence-electron chi connectivity index (χ0n) is 18.3. The van der Waals surface area contributed by atoms with Gasteiger partial charge in [0.25, 0.3) is 0 Å². The van der Waals surface area contributed by atoms with Crippen molar-refractivity contribution >= 4 is 44.9 Å². The summed E-state index contributed by atoms with van der Waals surface area (Å²) in [6.07, 6.45) is 0.978. The first-order valence-corrected chi connectivity index (χ1v) is 12.1. The number of hydrogen-bond donors (Lipinski definition) is 1. The van der Waals surface area contributed by atoms with Gasteiger partial charge in [-0.25, -0.2) is 0 Å². The van der Waals surface area contributed by atoms with Crippen LogP contribution in [0.25, 0.3) is 54.6 Å². The van der Waals surface area contributed by atoms with E-state index in [0.29, 0.717) is 0 Å². The van der Waals surface area contributed by atoms with Crippen molar-refractivity contribution < 1.29 is 0 Å². The van der Waals surface area contributed by atoms with E-state index in [1.54, 1.807) is 0 Å². The molecule has 6 aromatic carbocycles. The molecular weight excluding hydrogens is 416 g/mol. The Morgan fingerprint density at radius 2 is 1.21 bits per heavy atom. The molecule has 6 aromatic rings. The molecule has 0 fully saturated rings. The molecule has 1 heteroatoms. The predicted molar refractivity (Wildman–Crippen MR) is 147 cm³/mol. The quantitative estimate of drug-likeness (QED) is 0.205. The first-order valence-electron chi connectivity index (χ1n) is 11.5. The molecule has 0 spiro atoms. The van der Waals surface area contributed by atoms with E-state index >= 15 is 0 Å². The van der Waals surface area contributed by atoms with Crippen molar-refractivity contribution in [1.29, 1.82) is 0 Å². The number of thiol groups is 1. The second-order valence-corrected chi connectivity index (χ2v) is 9.01. The zero-order valence-corrected chi connectivity index (χ0v) is 19.2. The number of fused-ring (bicyclic) bond motifs is 3. The molecule has 0 heterocycles. The maximum absolute atomic E-state index is 4.47. The van der Waals surface area contributed by atoms with Crippen LogP contribution in [0, 0.1) is 0 Å². The molecule has 6 rings (SSSR count). The van der Waals surface area contributed by atoms with Crippen molar-refractivity contribution in [3.05, 3.63) is 121 Å². The highest BCUT2D eigenvalue weighted by Crippen LogP contribution is 2.39. The van der Waals surface area contributed by atoms with E-state index < -0.39 is 0 Å². The lowest BCUT2D eigenvalue weighted by atomic mass is 9.89. The van der Waals surface area contributed by atoms with Crippen LogP contribution in [-0.4, -0.2) is 5.75 Å². The molecule has 0 N–H and O–H groups in total. The Bertz CT molecular complexity index is 1610. The van der Waals surface area contributed by atoms with Gasteiger partial charge < -0.3 is 0 Å². The van der Waals surface area contributed by atoms with Crippen LogP contribution in [0.4, 0.5) is 0 Å². The molecule has 0 nitrogen and oxygen atoms in total. The van der Waals surface area contributed by atoms with E-state index in [1.165, 1.54) is 60.1 Å². The van der Waals surface area contributed by atoms with Gasteiger partial charge in [-0.15, -0.1) is 0 Å². The molecule has 0 aromatic heterocycles. The van der Waals surface area contributed by atoms with Crippen LogP contribution < -0.4 is 0 Å². The standard InChI is InChI=1S/C32H24S/c33-19-18-22-11-6-15-30-27(22)13-7-14-28(30)26-17-16-25-20-24-10-4-5-12-29(24)32(31(25)21-26)23-8-2-1-3-9-23/h1-17,20-21,33H,18-19H2. The SMILES string of the molecule is SCCc1cccc2c(-c3ccc4cc5ccccc5c(-c5ccccc5)c4c3)cccc12. The van der Waals surface area contributed by atoms with Crippen molar-refractivity contribution in [2.75, 3.05) is 5.75 Å². The molecule has 0 saturated carbocycles. The number of hydrogen-bond acceptors (Lipinski definition) is 1. The molecule has 0 aliphatic carbocycles. The van der Waals surface area contributed by atoms with Crippen LogP contribution in [-0.2, 0) is 6.42 Å². The fraction of sp³-hybridized carbons (Fsp3) is 0.0625. The summed E-state index contributed by atoms with van der Waals surface area (Å²) in [6, 6.07) is 42.0. The molecule has 158 valence electrons. The summed E-state index contributed by atoms with van der Waals surface area (Å²) in [6.45, 7) is 0. The summed E-state index contributed by atoms with van der Waals surface area (Å²) in [5.74, 6) is 0.854. The number of rotatable bonds is 4. The fourth-order valence-corrected chi connectivity index (χ4v) is 5.35. The third-order valence-corrected chi connectivity index (χ3v) is 6.85.